The van der Waals surface area contributed by atoms with Crippen LogP contribution in [-0.2, 0) is 0 Å². The van der Waals surface area contributed by atoms with Gasteiger partial charge in [-0.2, -0.15) is 0 Å². The average Bonchev–Trinajstić information content (AvgIpc) is 2.75. The highest BCUT2D eigenvalue weighted by Crippen LogP contribution is 2.25. The first-order valence-electron chi connectivity index (χ1n) is 6.64. The lowest BCUT2D eigenvalue weighted by molar-refractivity contribution is 0.0784. The zero-order chi connectivity index (χ0) is 13.3. The number of amides is 1. The van der Waals surface area contributed by atoms with E-state index in [1.165, 1.54) is 0 Å². The Morgan fingerprint density at radius 2 is 2.11 bits per heavy atom. The first kappa shape index (κ1) is 12.9. The second-order valence-corrected chi connectivity index (χ2v) is 5.68. The fourth-order valence-electron chi connectivity index (χ4n) is 2.63. The SMILES string of the molecule is Cc1cc(N)cc(C(=O)N2CCC(C(C)C)C2)c1. The third kappa shape index (κ3) is 2.66. The highest BCUT2D eigenvalue weighted by Gasteiger charge is 2.28. The molecule has 0 bridgehead atoms. The Labute approximate surface area is 109 Å². The van der Waals surface area contributed by atoms with Gasteiger partial charge < -0.3 is 10.6 Å². The minimum absolute atomic E-state index is 0.119. The molecule has 0 aliphatic carbocycles. The molecule has 0 saturated carbocycles. The first-order valence-corrected chi connectivity index (χ1v) is 6.64. The van der Waals surface area contributed by atoms with Crippen molar-refractivity contribution in [1.82, 2.24) is 4.90 Å². The maximum absolute atomic E-state index is 12.4. The molecule has 3 nitrogen and oxygen atoms in total. The molecule has 1 fully saturated rings. The molecule has 0 spiro atoms. The van der Waals surface area contributed by atoms with Gasteiger partial charge in [0.15, 0.2) is 0 Å². The van der Waals surface area contributed by atoms with Gasteiger partial charge in [-0.25, -0.2) is 0 Å². The second-order valence-electron chi connectivity index (χ2n) is 5.68. The lowest BCUT2D eigenvalue weighted by Gasteiger charge is -2.18. The predicted octanol–water partition coefficient (Wildman–Crippen LogP) is 2.70. The highest BCUT2D eigenvalue weighted by molar-refractivity contribution is 5.95. The molecule has 1 unspecified atom stereocenters. The number of carbonyl (C=O) groups excluding carboxylic acids is 1. The van der Waals surface area contributed by atoms with Crippen LogP contribution < -0.4 is 5.73 Å². The summed E-state index contributed by atoms with van der Waals surface area (Å²) >= 11 is 0. The Bertz CT molecular complexity index is 434. The number of benzene rings is 1. The number of nitrogens with two attached hydrogens (primary N) is 1. The van der Waals surface area contributed by atoms with Crippen LogP contribution in [0.2, 0.25) is 0 Å². The summed E-state index contributed by atoms with van der Waals surface area (Å²) in [4.78, 5) is 14.3. The van der Waals surface area contributed by atoms with Crippen LogP contribution in [0.5, 0.6) is 0 Å². The predicted molar refractivity (Wildman–Crippen MR) is 74.4 cm³/mol. The van der Waals surface area contributed by atoms with Crippen LogP contribution in [0, 0.1) is 18.8 Å². The molecular weight excluding hydrogens is 224 g/mol. The molecule has 98 valence electrons. The zero-order valence-electron chi connectivity index (χ0n) is 11.4. The fourth-order valence-corrected chi connectivity index (χ4v) is 2.63. The van der Waals surface area contributed by atoms with E-state index in [1.54, 1.807) is 6.07 Å². The largest absolute Gasteiger partial charge is 0.399 e. The van der Waals surface area contributed by atoms with Gasteiger partial charge in [-0.3, -0.25) is 4.79 Å². The van der Waals surface area contributed by atoms with E-state index in [2.05, 4.69) is 13.8 Å². The zero-order valence-corrected chi connectivity index (χ0v) is 11.4. The normalized spacial score (nSPS) is 19.6. The Kier molecular flexibility index (Phi) is 3.60. The molecule has 0 radical (unpaired) electrons. The molecule has 2 N–H and O–H groups in total. The second kappa shape index (κ2) is 5.01. The number of anilines is 1. The maximum Gasteiger partial charge on any atom is 0.253 e. The van der Waals surface area contributed by atoms with Crippen LogP contribution >= 0.6 is 0 Å². The molecule has 3 heteroatoms. The maximum atomic E-state index is 12.4. The van der Waals surface area contributed by atoms with Crippen molar-refractivity contribution < 1.29 is 4.79 Å². The molecule has 1 aromatic rings. The van der Waals surface area contributed by atoms with Gasteiger partial charge in [-0.05, 0) is 48.9 Å². The summed E-state index contributed by atoms with van der Waals surface area (Å²) in [5.41, 5.74) is 8.22. The third-order valence-corrected chi connectivity index (χ3v) is 3.80. The van der Waals surface area contributed by atoms with E-state index in [9.17, 15) is 4.79 Å². The van der Waals surface area contributed by atoms with Gasteiger partial charge in [-0.15, -0.1) is 0 Å². The van der Waals surface area contributed by atoms with Gasteiger partial charge in [-0.1, -0.05) is 13.8 Å². The van der Waals surface area contributed by atoms with Crippen molar-refractivity contribution in [3.8, 4) is 0 Å². The summed E-state index contributed by atoms with van der Waals surface area (Å²) in [7, 11) is 0. The van der Waals surface area contributed by atoms with Gasteiger partial charge >= 0.3 is 0 Å². The minimum atomic E-state index is 0.119. The Morgan fingerprint density at radius 3 is 2.67 bits per heavy atom. The molecule has 0 aromatic heterocycles. The Hall–Kier alpha value is -1.51. The first-order chi connectivity index (χ1) is 8.47. The van der Waals surface area contributed by atoms with Gasteiger partial charge in [0, 0.05) is 24.3 Å². The lowest BCUT2D eigenvalue weighted by atomic mass is 9.95. The van der Waals surface area contributed by atoms with Crippen molar-refractivity contribution in [2.45, 2.75) is 27.2 Å². The van der Waals surface area contributed by atoms with E-state index in [-0.39, 0.29) is 5.91 Å². The van der Waals surface area contributed by atoms with Gasteiger partial charge in [0.25, 0.3) is 5.91 Å². The van der Waals surface area contributed by atoms with Crippen LogP contribution in [0.1, 0.15) is 36.2 Å². The quantitative estimate of drug-likeness (QED) is 0.815. The molecule has 2 rings (SSSR count). The third-order valence-electron chi connectivity index (χ3n) is 3.80. The number of likely N-dealkylation sites (tertiary alicyclic amines) is 1. The van der Waals surface area contributed by atoms with Crippen LogP contribution in [0.3, 0.4) is 0 Å². The highest BCUT2D eigenvalue weighted by atomic mass is 16.2. The lowest BCUT2D eigenvalue weighted by Crippen LogP contribution is -2.29. The number of carbonyl (C=O) groups is 1. The van der Waals surface area contributed by atoms with Gasteiger partial charge in [0.2, 0.25) is 0 Å². The number of nitrogen functional groups attached to an aromatic ring is 1. The summed E-state index contributed by atoms with van der Waals surface area (Å²) < 4.78 is 0. The summed E-state index contributed by atoms with van der Waals surface area (Å²) in [6.45, 7) is 8.17. The average molecular weight is 246 g/mol. The molecule has 1 atom stereocenters. The summed E-state index contributed by atoms with van der Waals surface area (Å²) in [5.74, 6) is 1.40. The van der Waals surface area contributed by atoms with Crippen molar-refractivity contribution in [1.29, 1.82) is 0 Å². The fraction of sp³-hybridized carbons (Fsp3) is 0.533. The van der Waals surface area contributed by atoms with Crippen molar-refractivity contribution >= 4 is 11.6 Å². The van der Waals surface area contributed by atoms with E-state index in [0.29, 0.717) is 17.5 Å². The van der Waals surface area contributed by atoms with Crippen LogP contribution in [0.4, 0.5) is 5.69 Å². The van der Waals surface area contributed by atoms with E-state index < -0.39 is 0 Å². The van der Waals surface area contributed by atoms with Crippen LogP contribution in [0.15, 0.2) is 18.2 Å². The molecule has 1 aromatic carbocycles. The Balaban J connectivity index is 2.12. The standard InChI is InChI=1S/C15H22N2O/c1-10(2)12-4-5-17(9-12)15(18)13-6-11(3)7-14(16)8-13/h6-8,10,12H,4-5,9,16H2,1-3H3. The van der Waals surface area contributed by atoms with Gasteiger partial charge in [0.1, 0.15) is 0 Å². The number of nitrogens with zero attached hydrogens (tertiary/aromatic N) is 1. The topological polar surface area (TPSA) is 46.3 Å². The monoisotopic (exact) mass is 246 g/mol. The summed E-state index contributed by atoms with van der Waals surface area (Å²) in [5, 5.41) is 0. The number of hydrogen-bond donors (Lipinski definition) is 1. The van der Waals surface area contributed by atoms with Gasteiger partial charge in [0.05, 0.1) is 0 Å². The number of rotatable bonds is 2. The summed E-state index contributed by atoms with van der Waals surface area (Å²) in [6.07, 6.45) is 1.12. The van der Waals surface area contributed by atoms with Crippen molar-refractivity contribution in [2.24, 2.45) is 11.8 Å². The summed E-state index contributed by atoms with van der Waals surface area (Å²) in [6, 6.07) is 5.58. The van der Waals surface area contributed by atoms with E-state index in [0.717, 1.165) is 30.6 Å². The molecule has 1 saturated heterocycles. The molecule has 1 amide bonds. The van der Waals surface area contributed by atoms with E-state index in [4.69, 9.17) is 5.73 Å². The molecule has 1 heterocycles. The van der Waals surface area contributed by atoms with Crippen LogP contribution in [-0.4, -0.2) is 23.9 Å². The molecule has 1 aliphatic rings. The molecule has 18 heavy (non-hydrogen) atoms. The van der Waals surface area contributed by atoms with Crippen molar-refractivity contribution in [3.63, 3.8) is 0 Å². The Morgan fingerprint density at radius 1 is 1.39 bits per heavy atom. The smallest absolute Gasteiger partial charge is 0.253 e. The van der Waals surface area contributed by atoms with Crippen molar-refractivity contribution in [2.75, 3.05) is 18.8 Å². The van der Waals surface area contributed by atoms with E-state index in [1.807, 2.05) is 24.0 Å². The molecular formula is C15H22N2O. The van der Waals surface area contributed by atoms with Crippen molar-refractivity contribution in [3.05, 3.63) is 29.3 Å². The van der Waals surface area contributed by atoms with Crippen LogP contribution in [0.25, 0.3) is 0 Å². The minimum Gasteiger partial charge on any atom is -0.399 e. The van der Waals surface area contributed by atoms with E-state index >= 15 is 0 Å². The number of hydrogen-bond acceptors (Lipinski definition) is 2. The molecule has 1 aliphatic heterocycles. The number of aryl methyl sites for hydroxylation is 1.